The van der Waals surface area contributed by atoms with Crippen LogP contribution in [0.3, 0.4) is 0 Å². The summed E-state index contributed by atoms with van der Waals surface area (Å²) < 4.78 is 4.66. The number of ether oxygens (including phenoxy) is 1. The number of hydrogen-bond donors (Lipinski definition) is 1. The third kappa shape index (κ3) is 29.6. The molecule has 0 amide bonds. The van der Waals surface area contributed by atoms with Gasteiger partial charge in [-0.05, 0) is 37.2 Å². The molecular formula is C27H52O4S2. The van der Waals surface area contributed by atoms with Gasteiger partial charge in [-0.2, -0.15) is 23.5 Å². The molecule has 0 aliphatic rings. The molecule has 1 N–H and O–H groups in total. The van der Waals surface area contributed by atoms with Crippen LogP contribution in [0.1, 0.15) is 128 Å². The monoisotopic (exact) mass is 504 g/mol. The lowest BCUT2D eigenvalue weighted by Crippen LogP contribution is -1.99. The number of carboxylic acid groups (broad SMARTS) is 1. The molecule has 0 atom stereocenters. The average Bonchev–Trinajstić information content (AvgIpc) is 2.80. The summed E-state index contributed by atoms with van der Waals surface area (Å²) in [6.45, 7) is 0. The standard InChI is InChI=1S/C27H52O4S2/c1-31-27(30)21-17-13-9-5-3-7-11-15-19-23-33-25-24-32-22-18-14-10-6-2-4-8-12-16-20-26(28)29/h2-25H2,1H3,(H,28,29). The van der Waals surface area contributed by atoms with Gasteiger partial charge in [0.2, 0.25) is 0 Å². The van der Waals surface area contributed by atoms with Gasteiger partial charge in [0, 0.05) is 24.3 Å². The molecular weight excluding hydrogens is 452 g/mol. The van der Waals surface area contributed by atoms with Gasteiger partial charge in [-0.3, -0.25) is 9.59 Å². The lowest BCUT2D eigenvalue weighted by Gasteiger charge is -2.04. The number of aliphatic carboxylic acids is 1. The zero-order chi connectivity index (χ0) is 24.2. The Morgan fingerprint density at radius 3 is 1.21 bits per heavy atom. The largest absolute Gasteiger partial charge is 0.481 e. The highest BCUT2D eigenvalue weighted by Gasteiger charge is 2.00. The fourth-order valence-corrected chi connectivity index (χ4v) is 6.02. The van der Waals surface area contributed by atoms with Gasteiger partial charge in [0.1, 0.15) is 0 Å². The third-order valence-electron chi connectivity index (χ3n) is 5.95. The first kappa shape index (κ1) is 32.6. The Morgan fingerprint density at radius 1 is 0.515 bits per heavy atom. The van der Waals surface area contributed by atoms with Crippen molar-refractivity contribution in [2.24, 2.45) is 0 Å². The van der Waals surface area contributed by atoms with Crippen LogP contribution < -0.4 is 0 Å². The van der Waals surface area contributed by atoms with E-state index >= 15 is 0 Å². The lowest BCUT2D eigenvalue weighted by atomic mass is 10.1. The zero-order valence-corrected chi connectivity index (χ0v) is 23.1. The van der Waals surface area contributed by atoms with Crippen molar-refractivity contribution in [2.75, 3.05) is 30.1 Å². The Bertz CT molecular complexity index is 432. The van der Waals surface area contributed by atoms with Crippen molar-refractivity contribution < 1.29 is 19.4 Å². The molecule has 0 aliphatic heterocycles. The van der Waals surface area contributed by atoms with Gasteiger partial charge < -0.3 is 9.84 Å². The van der Waals surface area contributed by atoms with Crippen LogP contribution >= 0.6 is 23.5 Å². The average molecular weight is 505 g/mol. The molecule has 0 aromatic heterocycles. The SMILES string of the molecule is COC(=O)CCCCCCCCCCCSCCSCCCCCCCCCCCC(=O)O. The fourth-order valence-electron chi connectivity index (χ4n) is 3.85. The number of rotatable bonds is 27. The molecule has 0 saturated heterocycles. The Balaban J connectivity index is 3.04. The van der Waals surface area contributed by atoms with E-state index in [0.29, 0.717) is 12.8 Å². The lowest BCUT2D eigenvalue weighted by molar-refractivity contribution is -0.141. The van der Waals surface area contributed by atoms with Crippen molar-refractivity contribution in [2.45, 2.75) is 128 Å². The second-order valence-electron chi connectivity index (χ2n) is 9.06. The summed E-state index contributed by atoms with van der Waals surface area (Å²) >= 11 is 4.25. The predicted octanol–water partition coefficient (Wildman–Crippen LogP) is 8.51. The summed E-state index contributed by atoms with van der Waals surface area (Å²) in [4.78, 5) is 21.5. The second kappa shape index (κ2) is 27.9. The molecule has 0 bridgehead atoms. The summed E-state index contributed by atoms with van der Waals surface area (Å²) in [6.07, 6.45) is 23.6. The molecule has 0 fully saturated rings. The molecule has 0 aromatic rings. The molecule has 196 valence electrons. The Hall–Kier alpha value is -0.360. The molecule has 0 aromatic carbocycles. The highest BCUT2D eigenvalue weighted by molar-refractivity contribution is 8.02. The smallest absolute Gasteiger partial charge is 0.305 e. The van der Waals surface area contributed by atoms with Crippen LogP contribution in [0, 0.1) is 0 Å². The predicted molar refractivity (Wildman–Crippen MR) is 147 cm³/mol. The van der Waals surface area contributed by atoms with Crippen LogP contribution in [0.5, 0.6) is 0 Å². The summed E-state index contributed by atoms with van der Waals surface area (Å²) in [5.41, 5.74) is 0. The van der Waals surface area contributed by atoms with E-state index in [-0.39, 0.29) is 5.97 Å². The molecule has 0 aliphatic carbocycles. The maximum Gasteiger partial charge on any atom is 0.305 e. The van der Waals surface area contributed by atoms with Crippen LogP contribution in [0.4, 0.5) is 0 Å². The van der Waals surface area contributed by atoms with Gasteiger partial charge in [0.25, 0.3) is 0 Å². The molecule has 0 rings (SSSR count). The molecule has 0 unspecified atom stereocenters. The minimum atomic E-state index is -0.661. The summed E-state index contributed by atoms with van der Waals surface area (Å²) in [5.74, 6) is 4.51. The molecule has 0 saturated carbocycles. The Kier molecular flexibility index (Phi) is 27.6. The van der Waals surface area contributed by atoms with Gasteiger partial charge in [0.15, 0.2) is 0 Å². The van der Waals surface area contributed by atoms with Crippen LogP contribution in [0.25, 0.3) is 0 Å². The number of carbonyl (C=O) groups excluding carboxylic acids is 1. The van der Waals surface area contributed by atoms with Crippen molar-refractivity contribution in [3.05, 3.63) is 0 Å². The topological polar surface area (TPSA) is 63.6 Å². The van der Waals surface area contributed by atoms with E-state index in [9.17, 15) is 9.59 Å². The van der Waals surface area contributed by atoms with Gasteiger partial charge in [-0.15, -0.1) is 0 Å². The quantitative estimate of drug-likeness (QED) is 0.0893. The van der Waals surface area contributed by atoms with E-state index in [1.807, 2.05) is 0 Å². The van der Waals surface area contributed by atoms with E-state index in [2.05, 4.69) is 28.3 Å². The number of carbonyl (C=O) groups is 2. The number of thioether (sulfide) groups is 2. The molecule has 4 nitrogen and oxygen atoms in total. The molecule has 0 radical (unpaired) electrons. The van der Waals surface area contributed by atoms with E-state index < -0.39 is 5.97 Å². The first-order valence-electron chi connectivity index (χ1n) is 13.6. The normalized spacial score (nSPS) is 11.1. The fraction of sp³-hybridized carbons (Fsp3) is 0.926. The summed E-state index contributed by atoms with van der Waals surface area (Å²) in [7, 11) is 1.46. The summed E-state index contributed by atoms with van der Waals surface area (Å²) in [5, 5.41) is 8.60. The Labute approximate surface area is 213 Å². The molecule has 0 heterocycles. The Morgan fingerprint density at radius 2 is 0.848 bits per heavy atom. The number of hydrogen-bond acceptors (Lipinski definition) is 5. The highest BCUT2D eigenvalue weighted by Crippen LogP contribution is 2.15. The van der Waals surface area contributed by atoms with Crippen molar-refractivity contribution in [1.82, 2.24) is 0 Å². The third-order valence-corrected chi connectivity index (χ3v) is 8.35. The van der Waals surface area contributed by atoms with Crippen molar-refractivity contribution in [1.29, 1.82) is 0 Å². The number of carboxylic acids is 1. The maximum atomic E-state index is 11.0. The molecule has 33 heavy (non-hydrogen) atoms. The van der Waals surface area contributed by atoms with Gasteiger partial charge in [-0.1, -0.05) is 89.9 Å². The number of unbranched alkanes of at least 4 members (excludes halogenated alkanes) is 16. The van der Waals surface area contributed by atoms with Crippen molar-refractivity contribution in [3.63, 3.8) is 0 Å². The van der Waals surface area contributed by atoms with Crippen LogP contribution in [-0.2, 0) is 14.3 Å². The van der Waals surface area contributed by atoms with Crippen LogP contribution in [-0.4, -0.2) is 47.2 Å². The first-order valence-corrected chi connectivity index (χ1v) is 15.9. The van der Waals surface area contributed by atoms with Crippen molar-refractivity contribution >= 4 is 35.5 Å². The van der Waals surface area contributed by atoms with E-state index in [0.717, 1.165) is 25.7 Å². The summed E-state index contributed by atoms with van der Waals surface area (Å²) in [6, 6.07) is 0. The minimum Gasteiger partial charge on any atom is -0.481 e. The van der Waals surface area contributed by atoms with Crippen LogP contribution in [0.15, 0.2) is 0 Å². The number of methoxy groups -OCH3 is 1. The number of esters is 1. The zero-order valence-electron chi connectivity index (χ0n) is 21.5. The minimum absolute atomic E-state index is 0.0754. The van der Waals surface area contributed by atoms with Crippen molar-refractivity contribution in [3.8, 4) is 0 Å². The van der Waals surface area contributed by atoms with E-state index in [1.54, 1.807) is 0 Å². The first-order chi connectivity index (χ1) is 16.2. The van der Waals surface area contributed by atoms with Crippen LogP contribution in [0.2, 0.25) is 0 Å². The molecule has 6 heteroatoms. The van der Waals surface area contributed by atoms with Gasteiger partial charge in [0.05, 0.1) is 7.11 Å². The van der Waals surface area contributed by atoms with Gasteiger partial charge >= 0.3 is 11.9 Å². The highest BCUT2D eigenvalue weighted by atomic mass is 32.2. The second-order valence-corrected chi connectivity index (χ2v) is 11.5. The van der Waals surface area contributed by atoms with E-state index in [1.165, 1.54) is 120 Å². The van der Waals surface area contributed by atoms with E-state index in [4.69, 9.17) is 5.11 Å². The van der Waals surface area contributed by atoms with Gasteiger partial charge in [-0.25, -0.2) is 0 Å². The molecule has 0 spiro atoms. The maximum absolute atomic E-state index is 11.0.